The first-order valence-corrected chi connectivity index (χ1v) is 6.60. The molecule has 1 heterocycles. The summed E-state index contributed by atoms with van der Waals surface area (Å²) in [6.45, 7) is 2.03. The van der Waals surface area contributed by atoms with E-state index in [0.29, 0.717) is 17.7 Å². The number of fused-ring (bicyclic) bond motifs is 1. The Labute approximate surface area is 121 Å². The summed E-state index contributed by atoms with van der Waals surface area (Å²) in [6, 6.07) is 10.2. The van der Waals surface area contributed by atoms with Crippen LogP contribution in [0.4, 0.5) is 4.39 Å². The van der Waals surface area contributed by atoms with Gasteiger partial charge in [-0.15, -0.1) is 0 Å². The topological polar surface area (TPSA) is 57.8 Å². The van der Waals surface area contributed by atoms with Crippen LogP contribution in [0.25, 0.3) is 10.9 Å². The average Bonchev–Trinajstić information content (AvgIpc) is 2.96. The molecule has 0 fully saturated rings. The fourth-order valence-corrected chi connectivity index (χ4v) is 2.20. The maximum Gasteiger partial charge on any atom is 0.251 e. The smallest absolute Gasteiger partial charge is 0.251 e. The van der Waals surface area contributed by atoms with Crippen LogP contribution in [-0.4, -0.2) is 16.1 Å². The molecule has 4 nitrogen and oxygen atoms in total. The Hall–Kier alpha value is -2.69. The van der Waals surface area contributed by atoms with E-state index in [1.165, 1.54) is 6.07 Å². The van der Waals surface area contributed by atoms with E-state index in [0.717, 1.165) is 16.5 Å². The lowest BCUT2D eigenvalue weighted by molar-refractivity contribution is 0.0950. The SMILES string of the molecule is Cc1ccc(C(=O)NCc2cccc3[nH]ncc23)cc1F. The number of hydrogen-bond donors (Lipinski definition) is 2. The molecule has 5 heteroatoms. The summed E-state index contributed by atoms with van der Waals surface area (Å²) < 4.78 is 13.5. The summed E-state index contributed by atoms with van der Waals surface area (Å²) in [6.07, 6.45) is 1.72. The maximum absolute atomic E-state index is 13.5. The third-order valence-electron chi connectivity index (χ3n) is 3.45. The predicted molar refractivity (Wildman–Crippen MR) is 78.4 cm³/mol. The number of nitrogens with zero attached hydrogens (tertiary/aromatic N) is 1. The molecule has 3 aromatic rings. The van der Waals surface area contributed by atoms with E-state index < -0.39 is 0 Å². The van der Waals surface area contributed by atoms with Crippen LogP contribution in [0.1, 0.15) is 21.5 Å². The molecule has 2 aromatic carbocycles. The normalized spacial score (nSPS) is 10.8. The molecule has 21 heavy (non-hydrogen) atoms. The number of H-pyrrole nitrogens is 1. The summed E-state index contributed by atoms with van der Waals surface area (Å²) >= 11 is 0. The Morgan fingerprint density at radius 1 is 1.33 bits per heavy atom. The zero-order valence-corrected chi connectivity index (χ0v) is 11.5. The molecule has 0 unspecified atom stereocenters. The van der Waals surface area contributed by atoms with Gasteiger partial charge < -0.3 is 5.32 Å². The molecule has 0 saturated heterocycles. The largest absolute Gasteiger partial charge is 0.348 e. The molecule has 0 bridgehead atoms. The molecule has 0 aliphatic heterocycles. The Balaban J connectivity index is 1.76. The van der Waals surface area contributed by atoms with Gasteiger partial charge in [-0.05, 0) is 36.2 Å². The lowest BCUT2D eigenvalue weighted by Gasteiger charge is -2.07. The molecule has 106 valence electrons. The Kier molecular flexibility index (Phi) is 3.39. The number of aromatic nitrogens is 2. The van der Waals surface area contributed by atoms with Gasteiger partial charge in [0.15, 0.2) is 0 Å². The molecule has 1 amide bonds. The molecule has 0 spiro atoms. The number of nitrogens with one attached hydrogen (secondary N) is 2. The number of benzene rings is 2. The number of aromatic amines is 1. The van der Waals surface area contributed by atoms with Gasteiger partial charge in [0.1, 0.15) is 5.82 Å². The van der Waals surface area contributed by atoms with Crippen molar-refractivity contribution in [2.45, 2.75) is 13.5 Å². The van der Waals surface area contributed by atoms with Gasteiger partial charge in [0, 0.05) is 17.5 Å². The monoisotopic (exact) mass is 283 g/mol. The third-order valence-corrected chi connectivity index (χ3v) is 3.45. The second-order valence-corrected chi connectivity index (χ2v) is 4.90. The van der Waals surface area contributed by atoms with Crippen molar-refractivity contribution in [3.8, 4) is 0 Å². The molecule has 2 N–H and O–H groups in total. The lowest BCUT2D eigenvalue weighted by Crippen LogP contribution is -2.23. The zero-order chi connectivity index (χ0) is 14.8. The van der Waals surface area contributed by atoms with Crippen molar-refractivity contribution >= 4 is 16.8 Å². The quantitative estimate of drug-likeness (QED) is 0.776. The van der Waals surface area contributed by atoms with Crippen molar-refractivity contribution in [2.24, 2.45) is 0 Å². The first-order chi connectivity index (χ1) is 10.1. The van der Waals surface area contributed by atoms with Crippen LogP contribution in [0.3, 0.4) is 0 Å². The summed E-state index contributed by atoms with van der Waals surface area (Å²) in [5, 5.41) is 10.6. The highest BCUT2D eigenvalue weighted by molar-refractivity contribution is 5.94. The van der Waals surface area contributed by atoms with Gasteiger partial charge in [-0.3, -0.25) is 9.89 Å². The lowest BCUT2D eigenvalue weighted by atomic mass is 10.1. The first kappa shape index (κ1) is 13.3. The van der Waals surface area contributed by atoms with E-state index in [9.17, 15) is 9.18 Å². The van der Waals surface area contributed by atoms with Crippen LogP contribution in [0, 0.1) is 12.7 Å². The van der Waals surface area contributed by atoms with Gasteiger partial charge in [0.25, 0.3) is 5.91 Å². The van der Waals surface area contributed by atoms with Crippen LogP contribution >= 0.6 is 0 Å². The first-order valence-electron chi connectivity index (χ1n) is 6.60. The summed E-state index contributed by atoms with van der Waals surface area (Å²) in [7, 11) is 0. The molecule has 0 aliphatic rings. The second kappa shape index (κ2) is 5.36. The van der Waals surface area contributed by atoms with E-state index in [2.05, 4.69) is 15.5 Å². The fraction of sp³-hybridized carbons (Fsp3) is 0.125. The van der Waals surface area contributed by atoms with Crippen molar-refractivity contribution < 1.29 is 9.18 Å². The van der Waals surface area contributed by atoms with Gasteiger partial charge in [-0.25, -0.2) is 4.39 Å². The van der Waals surface area contributed by atoms with Crippen LogP contribution in [0.15, 0.2) is 42.6 Å². The number of carbonyl (C=O) groups excluding carboxylic acids is 1. The second-order valence-electron chi connectivity index (χ2n) is 4.90. The van der Waals surface area contributed by atoms with Gasteiger partial charge in [-0.2, -0.15) is 5.10 Å². The van der Waals surface area contributed by atoms with Crippen molar-refractivity contribution in [1.29, 1.82) is 0 Å². The van der Waals surface area contributed by atoms with E-state index >= 15 is 0 Å². The highest BCUT2D eigenvalue weighted by Crippen LogP contribution is 2.16. The number of halogens is 1. The number of rotatable bonds is 3. The number of aryl methyl sites for hydroxylation is 1. The van der Waals surface area contributed by atoms with Crippen molar-refractivity contribution in [3.05, 3.63) is 65.1 Å². The molecule has 0 radical (unpaired) electrons. The Morgan fingerprint density at radius 3 is 3.00 bits per heavy atom. The number of carbonyl (C=O) groups is 1. The van der Waals surface area contributed by atoms with Crippen LogP contribution in [0.2, 0.25) is 0 Å². The molecular formula is C16H14FN3O. The van der Waals surface area contributed by atoms with Gasteiger partial charge in [0.05, 0.1) is 11.7 Å². The molecule has 0 aliphatic carbocycles. The van der Waals surface area contributed by atoms with Crippen LogP contribution in [0.5, 0.6) is 0 Å². The predicted octanol–water partition coefficient (Wildman–Crippen LogP) is 2.94. The highest BCUT2D eigenvalue weighted by Gasteiger charge is 2.09. The average molecular weight is 283 g/mol. The number of amides is 1. The third kappa shape index (κ3) is 2.63. The van der Waals surface area contributed by atoms with Crippen molar-refractivity contribution in [3.63, 3.8) is 0 Å². The van der Waals surface area contributed by atoms with Crippen molar-refractivity contribution in [2.75, 3.05) is 0 Å². The van der Waals surface area contributed by atoms with Crippen LogP contribution < -0.4 is 5.32 Å². The molecule has 0 atom stereocenters. The van der Waals surface area contributed by atoms with Gasteiger partial charge >= 0.3 is 0 Å². The Morgan fingerprint density at radius 2 is 2.19 bits per heavy atom. The molecular weight excluding hydrogens is 269 g/mol. The zero-order valence-electron chi connectivity index (χ0n) is 11.5. The van der Waals surface area contributed by atoms with E-state index in [1.807, 2.05) is 18.2 Å². The highest BCUT2D eigenvalue weighted by atomic mass is 19.1. The minimum Gasteiger partial charge on any atom is -0.348 e. The standard InChI is InChI=1S/C16H14FN3O/c1-10-5-6-11(7-14(10)17)16(21)18-8-12-3-2-4-15-13(12)9-19-20-15/h2-7,9H,8H2,1H3,(H,18,21)(H,19,20). The van der Waals surface area contributed by atoms with Gasteiger partial charge in [0.2, 0.25) is 0 Å². The molecule has 0 saturated carbocycles. The van der Waals surface area contributed by atoms with Crippen LogP contribution in [-0.2, 0) is 6.54 Å². The maximum atomic E-state index is 13.5. The molecule has 1 aromatic heterocycles. The van der Waals surface area contributed by atoms with E-state index in [1.54, 1.807) is 25.3 Å². The molecule has 3 rings (SSSR count). The van der Waals surface area contributed by atoms with E-state index in [4.69, 9.17) is 0 Å². The van der Waals surface area contributed by atoms with Gasteiger partial charge in [-0.1, -0.05) is 18.2 Å². The summed E-state index contributed by atoms with van der Waals surface area (Å²) in [4.78, 5) is 12.1. The fourth-order valence-electron chi connectivity index (χ4n) is 2.20. The summed E-state index contributed by atoms with van der Waals surface area (Å²) in [5.41, 5.74) is 2.72. The minimum absolute atomic E-state index is 0.297. The van der Waals surface area contributed by atoms with Crippen molar-refractivity contribution in [1.82, 2.24) is 15.5 Å². The summed E-state index contributed by atoms with van der Waals surface area (Å²) in [5.74, 6) is -0.672. The number of hydrogen-bond acceptors (Lipinski definition) is 2. The minimum atomic E-state index is -0.375. The Bertz CT molecular complexity index is 810. The van der Waals surface area contributed by atoms with E-state index in [-0.39, 0.29) is 11.7 Å².